The number of nitrogens with zero attached hydrogens (tertiary/aromatic N) is 4. The molecule has 1 aliphatic rings. The van der Waals surface area contributed by atoms with Gasteiger partial charge in [0.25, 0.3) is 0 Å². The van der Waals surface area contributed by atoms with Crippen molar-refractivity contribution in [2.24, 2.45) is 4.99 Å². The van der Waals surface area contributed by atoms with Crippen LogP contribution in [0.1, 0.15) is 5.56 Å². The molecule has 22 heavy (non-hydrogen) atoms. The van der Waals surface area contributed by atoms with Gasteiger partial charge in [-0.1, -0.05) is 0 Å². The average molecular weight is 301 g/mol. The van der Waals surface area contributed by atoms with Crippen LogP contribution in [0.4, 0.5) is 17.6 Å². The lowest BCUT2D eigenvalue weighted by Gasteiger charge is -2.29. The number of aromatic nitrogens is 3. The predicted molar refractivity (Wildman–Crippen MR) is 85.4 cm³/mol. The smallest absolute Gasteiger partial charge is 0.248 e. The van der Waals surface area contributed by atoms with E-state index in [1.807, 2.05) is 31.3 Å². The third-order valence-electron chi connectivity index (χ3n) is 3.42. The van der Waals surface area contributed by atoms with Crippen LogP contribution in [0.3, 0.4) is 0 Å². The number of amidine groups is 1. The Bertz CT molecular complexity index is 643. The zero-order valence-corrected chi connectivity index (χ0v) is 12.4. The van der Waals surface area contributed by atoms with Crippen LogP contribution in [0.2, 0.25) is 0 Å². The van der Waals surface area contributed by atoms with Gasteiger partial charge in [0.05, 0.1) is 13.2 Å². The van der Waals surface area contributed by atoms with E-state index in [2.05, 4.69) is 30.4 Å². The van der Waals surface area contributed by atoms with E-state index in [0.29, 0.717) is 5.95 Å². The number of morpholine rings is 1. The van der Waals surface area contributed by atoms with E-state index >= 15 is 0 Å². The Balaban J connectivity index is 1.72. The first-order valence-corrected chi connectivity index (χ1v) is 7.11. The van der Waals surface area contributed by atoms with Crippen molar-refractivity contribution >= 4 is 23.4 Å². The first kappa shape index (κ1) is 14.3. The summed E-state index contributed by atoms with van der Waals surface area (Å²) in [4.78, 5) is 10.7. The Morgan fingerprint density at radius 1 is 1.32 bits per heavy atom. The van der Waals surface area contributed by atoms with Gasteiger partial charge in [0.15, 0.2) is 0 Å². The van der Waals surface area contributed by atoms with Crippen LogP contribution in [0.5, 0.6) is 0 Å². The first-order chi connectivity index (χ1) is 10.8. The van der Waals surface area contributed by atoms with E-state index in [4.69, 9.17) is 10.5 Å². The summed E-state index contributed by atoms with van der Waals surface area (Å²) in [5, 5.41) is 9.61. The summed E-state index contributed by atoms with van der Waals surface area (Å²) in [7, 11) is 1.81. The van der Waals surface area contributed by atoms with Crippen LogP contribution in [0.25, 0.3) is 0 Å². The minimum absolute atomic E-state index is 0.284. The number of hydrogen-bond donors (Lipinski definition) is 3. The number of aliphatic imine (C=N–C) groups is 1. The zero-order chi connectivity index (χ0) is 15.4. The van der Waals surface area contributed by atoms with E-state index in [0.717, 1.165) is 43.4 Å². The number of nitrogen functional groups attached to an aromatic ring is 1. The quantitative estimate of drug-likeness (QED) is 0.573. The highest BCUT2D eigenvalue weighted by Crippen LogP contribution is 2.16. The molecule has 1 aliphatic heterocycles. The van der Waals surface area contributed by atoms with Crippen LogP contribution in [0, 0.1) is 0 Å². The van der Waals surface area contributed by atoms with Crippen molar-refractivity contribution < 1.29 is 4.74 Å². The predicted octanol–water partition coefficient (Wildman–Crippen LogP) is 0.839. The third kappa shape index (κ3) is 3.17. The van der Waals surface area contributed by atoms with E-state index in [-0.39, 0.29) is 5.95 Å². The molecule has 0 radical (unpaired) electrons. The number of anilines is 3. The minimum atomic E-state index is 0.284. The SMILES string of the molecule is C/N=C(\c1ccc(Nc2n[nH]c(N)n2)cc1)N1CCOCC1. The largest absolute Gasteiger partial charge is 0.378 e. The molecule has 0 aliphatic carbocycles. The van der Waals surface area contributed by atoms with Crippen molar-refractivity contribution in [3.05, 3.63) is 29.8 Å². The molecule has 8 heteroatoms. The molecular formula is C14H19N7O. The van der Waals surface area contributed by atoms with Gasteiger partial charge in [0.1, 0.15) is 5.84 Å². The fourth-order valence-electron chi connectivity index (χ4n) is 2.39. The van der Waals surface area contributed by atoms with Gasteiger partial charge >= 0.3 is 0 Å². The monoisotopic (exact) mass is 301 g/mol. The molecule has 0 spiro atoms. The Hall–Kier alpha value is -2.61. The van der Waals surface area contributed by atoms with E-state index in [9.17, 15) is 0 Å². The maximum Gasteiger partial charge on any atom is 0.248 e. The molecule has 0 bridgehead atoms. The molecule has 1 saturated heterocycles. The van der Waals surface area contributed by atoms with Crippen molar-refractivity contribution in [3.8, 4) is 0 Å². The summed E-state index contributed by atoms with van der Waals surface area (Å²) in [6, 6.07) is 7.98. The van der Waals surface area contributed by atoms with Crippen molar-refractivity contribution in [1.82, 2.24) is 20.1 Å². The second-order valence-corrected chi connectivity index (χ2v) is 4.89. The molecule has 0 unspecified atom stereocenters. The molecular weight excluding hydrogens is 282 g/mol. The van der Waals surface area contributed by atoms with Crippen LogP contribution in [-0.2, 0) is 4.74 Å². The lowest BCUT2D eigenvalue weighted by atomic mass is 10.1. The van der Waals surface area contributed by atoms with Crippen LogP contribution >= 0.6 is 0 Å². The van der Waals surface area contributed by atoms with E-state index < -0.39 is 0 Å². The van der Waals surface area contributed by atoms with Crippen molar-refractivity contribution in [3.63, 3.8) is 0 Å². The molecule has 3 rings (SSSR count). The number of hydrogen-bond acceptors (Lipinski definition) is 6. The van der Waals surface area contributed by atoms with Gasteiger partial charge in [0.2, 0.25) is 11.9 Å². The Labute approximate surface area is 128 Å². The second-order valence-electron chi connectivity index (χ2n) is 4.89. The van der Waals surface area contributed by atoms with Gasteiger partial charge in [-0.05, 0) is 24.3 Å². The number of benzene rings is 1. The lowest BCUT2D eigenvalue weighted by molar-refractivity contribution is 0.0682. The summed E-state index contributed by atoms with van der Waals surface area (Å²) < 4.78 is 5.38. The molecule has 2 aromatic rings. The Kier molecular flexibility index (Phi) is 4.19. The van der Waals surface area contributed by atoms with Crippen molar-refractivity contribution in [2.75, 3.05) is 44.4 Å². The normalized spacial score (nSPS) is 15.9. The zero-order valence-electron chi connectivity index (χ0n) is 12.4. The molecule has 2 heterocycles. The molecule has 116 valence electrons. The van der Waals surface area contributed by atoms with Crippen molar-refractivity contribution in [1.29, 1.82) is 0 Å². The maximum atomic E-state index is 5.50. The fourth-order valence-corrected chi connectivity index (χ4v) is 2.39. The number of rotatable bonds is 3. The Morgan fingerprint density at radius 3 is 2.64 bits per heavy atom. The summed E-state index contributed by atoms with van der Waals surface area (Å²) >= 11 is 0. The third-order valence-corrected chi connectivity index (χ3v) is 3.42. The highest BCUT2D eigenvalue weighted by atomic mass is 16.5. The summed E-state index contributed by atoms with van der Waals surface area (Å²) in [6.45, 7) is 3.21. The summed E-state index contributed by atoms with van der Waals surface area (Å²) in [5.74, 6) is 1.71. The lowest BCUT2D eigenvalue weighted by Crippen LogP contribution is -2.41. The molecule has 1 fully saturated rings. The van der Waals surface area contributed by atoms with Crippen LogP contribution < -0.4 is 11.1 Å². The minimum Gasteiger partial charge on any atom is -0.378 e. The number of ether oxygens (including phenoxy) is 1. The van der Waals surface area contributed by atoms with Gasteiger partial charge in [-0.25, -0.2) is 5.10 Å². The number of H-pyrrole nitrogens is 1. The van der Waals surface area contributed by atoms with Crippen molar-refractivity contribution in [2.45, 2.75) is 0 Å². The number of nitrogens with two attached hydrogens (primary N) is 1. The first-order valence-electron chi connectivity index (χ1n) is 7.11. The Morgan fingerprint density at radius 2 is 2.05 bits per heavy atom. The summed E-state index contributed by atoms with van der Waals surface area (Å²) in [5.41, 5.74) is 7.46. The van der Waals surface area contributed by atoms with Gasteiger partial charge < -0.3 is 20.7 Å². The van der Waals surface area contributed by atoms with E-state index in [1.54, 1.807) is 0 Å². The molecule has 0 amide bonds. The molecule has 0 atom stereocenters. The molecule has 1 aromatic heterocycles. The molecule has 8 nitrogen and oxygen atoms in total. The topological polar surface area (TPSA) is 104 Å². The van der Waals surface area contributed by atoms with E-state index in [1.165, 1.54) is 0 Å². The molecule has 0 saturated carbocycles. The maximum absolute atomic E-state index is 5.50. The van der Waals surface area contributed by atoms with Gasteiger partial charge in [-0.2, -0.15) is 4.98 Å². The summed E-state index contributed by atoms with van der Waals surface area (Å²) in [6.07, 6.45) is 0. The van der Waals surface area contributed by atoms with Gasteiger partial charge in [-0.15, -0.1) is 5.10 Å². The second kappa shape index (κ2) is 6.44. The molecule has 1 aromatic carbocycles. The van der Waals surface area contributed by atoms with Crippen LogP contribution in [-0.4, -0.2) is 59.3 Å². The van der Waals surface area contributed by atoms with Gasteiger partial charge in [-0.3, -0.25) is 4.99 Å². The number of aromatic amines is 1. The van der Waals surface area contributed by atoms with Crippen LogP contribution in [0.15, 0.2) is 29.3 Å². The highest BCUT2D eigenvalue weighted by molar-refractivity contribution is 5.99. The van der Waals surface area contributed by atoms with Gasteiger partial charge in [0, 0.05) is 31.4 Å². The fraction of sp³-hybridized carbons (Fsp3) is 0.357. The standard InChI is InChI=1S/C14H19N7O/c1-16-12(21-6-8-22-9-7-21)10-2-4-11(5-3-10)17-14-18-13(15)19-20-14/h2-5H,6-9H2,1H3,(H4,15,17,18,19,20)/b16-12+. The number of nitrogens with one attached hydrogen (secondary N) is 2. The average Bonchev–Trinajstić information content (AvgIpc) is 2.96. The highest BCUT2D eigenvalue weighted by Gasteiger charge is 2.16. The molecule has 4 N–H and O–H groups in total.